The zero-order valence-corrected chi connectivity index (χ0v) is 31.5. The molecule has 0 spiro atoms. The minimum absolute atomic E-state index is 0.0512. The van der Waals surface area contributed by atoms with E-state index in [0.29, 0.717) is 18.0 Å². The predicted molar refractivity (Wildman–Crippen MR) is 196 cm³/mol. The van der Waals surface area contributed by atoms with Gasteiger partial charge < -0.3 is 24.8 Å². The van der Waals surface area contributed by atoms with Gasteiger partial charge in [0.05, 0.1) is 28.6 Å². The van der Waals surface area contributed by atoms with Gasteiger partial charge in [-0.05, 0) is 57.6 Å². The van der Waals surface area contributed by atoms with Crippen LogP contribution in [-0.2, 0) is 26.1 Å². The van der Waals surface area contributed by atoms with Gasteiger partial charge in [0.15, 0.2) is 15.7 Å². The van der Waals surface area contributed by atoms with Crippen LogP contribution in [0.15, 0.2) is 53.7 Å². The fraction of sp³-hybridized carbons (Fsp3) is 0.457. The van der Waals surface area contributed by atoms with Crippen molar-refractivity contribution < 1.29 is 22.3 Å². The molecule has 1 amide bonds. The molecule has 2 aromatic carbocycles. The van der Waals surface area contributed by atoms with Crippen molar-refractivity contribution in [1.29, 1.82) is 0 Å². The second kappa shape index (κ2) is 14.7. The molecule has 264 valence electrons. The molecule has 49 heavy (non-hydrogen) atoms. The maximum absolute atomic E-state index is 15.2. The summed E-state index contributed by atoms with van der Waals surface area (Å²) in [4.78, 5) is 27.0. The van der Waals surface area contributed by atoms with Crippen molar-refractivity contribution in [2.24, 2.45) is 0 Å². The number of hydrogen-bond acceptors (Lipinski definition) is 9. The lowest BCUT2D eigenvalue weighted by atomic mass is 10.1. The molecule has 2 atom stereocenters. The van der Waals surface area contributed by atoms with Gasteiger partial charge in [-0.15, -0.1) is 0 Å². The molecule has 1 aliphatic rings. The van der Waals surface area contributed by atoms with Crippen LogP contribution < -0.4 is 10.6 Å². The van der Waals surface area contributed by atoms with Crippen LogP contribution in [0.4, 0.5) is 21.7 Å². The fourth-order valence-electron chi connectivity index (χ4n) is 6.20. The third-order valence-electron chi connectivity index (χ3n) is 8.98. The van der Waals surface area contributed by atoms with E-state index >= 15 is 4.39 Å². The summed E-state index contributed by atoms with van der Waals surface area (Å²) in [5.74, 6) is -0.874. The molecule has 11 nitrogen and oxygen atoms in total. The van der Waals surface area contributed by atoms with Crippen LogP contribution in [0, 0.1) is 12.7 Å². The van der Waals surface area contributed by atoms with E-state index in [4.69, 9.17) is 9.72 Å². The van der Waals surface area contributed by atoms with Crippen LogP contribution in [0.3, 0.4) is 0 Å². The van der Waals surface area contributed by atoms with Gasteiger partial charge in [-0.2, -0.15) is 0 Å². The van der Waals surface area contributed by atoms with Crippen molar-refractivity contribution in [1.82, 2.24) is 24.3 Å². The number of benzene rings is 2. The number of aromatic nitrogens is 3. The lowest BCUT2D eigenvalue weighted by Gasteiger charge is -2.41. The van der Waals surface area contributed by atoms with Gasteiger partial charge in [-0.1, -0.05) is 37.8 Å². The van der Waals surface area contributed by atoms with E-state index < -0.39 is 28.6 Å². The summed E-state index contributed by atoms with van der Waals surface area (Å²) in [5.41, 5.74) is 3.59. The molecule has 0 saturated carbocycles. The number of halogens is 1. The molecule has 14 heteroatoms. The largest absolute Gasteiger partial charge is 0.361 e. The summed E-state index contributed by atoms with van der Waals surface area (Å²) in [6, 6.07) is 10.9. The predicted octanol–water partition coefficient (Wildman–Crippen LogP) is 5.97. The molecule has 1 fully saturated rings. The number of amides is 1. The van der Waals surface area contributed by atoms with Gasteiger partial charge in [0, 0.05) is 70.0 Å². The van der Waals surface area contributed by atoms with E-state index in [9.17, 15) is 13.2 Å². The molecule has 2 aromatic heterocycles. The SMILES string of the molecule is Cc1cnc(Nc2cccc(S(C)(=O)=O)c2F)nc1-c1cn(COCC[Si](C)(C)C)c2c(NC(=O)C(C)N3CCN(C)CC3C)cccc12. The molecule has 0 radical (unpaired) electrons. The number of carbonyl (C=O) groups is 1. The van der Waals surface area contributed by atoms with E-state index in [-0.39, 0.29) is 36.4 Å². The first-order chi connectivity index (χ1) is 23.0. The highest BCUT2D eigenvalue weighted by molar-refractivity contribution is 7.90. The normalized spacial score (nSPS) is 17.0. The van der Waals surface area contributed by atoms with Crippen LogP contribution in [0.25, 0.3) is 22.2 Å². The number of nitrogens with one attached hydrogen (secondary N) is 2. The van der Waals surface area contributed by atoms with E-state index in [1.54, 1.807) is 6.20 Å². The summed E-state index contributed by atoms with van der Waals surface area (Å²) in [5, 5.41) is 6.93. The quantitative estimate of drug-likeness (QED) is 0.135. The number of ether oxygens (including phenoxy) is 1. The third kappa shape index (κ3) is 8.55. The number of piperazine rings is 1. The molecule has 0 bridgehead atoms. The van der Waals surface area contributed by atoms with E-state index in [1.807, 2.05) is 42.8 Å². The fourth-order valence-corrected chi connectivity index (χ4v) is 7.72. The molecule has 0 aliphatic carbocycles. The summed E-state index contributed by atoms with van der Waals surface area (Å²) in [6.45, 7) is 16.4. The standard InChI is InChI=1S/C35H48FN7O4SSi/c1-23-19-37-35(39-28-12-10-14-30(31(28)36)48(5,45)46)40-32(23)27-21-42(22-47-17-18-49(6,7)8)33-26(27)11-9-13-29(33)38-34(44)25(3)43-16-15-41(4)20-24(43)2/h9-14,19,21,24-25H,15-18,20,22H2,1-8H3,(H,38,44)(H,37,39,40). The van der Waals surface area contributed by atoms with Gasteiger partial charge in [0.25, 0.3) is 0 Å². The lowest BCUT2D eigenvalue weighted by molar-refractivity contribution is -0.122. The first kappa shape index (κ1) is 36.6. The molecule has 2 N–H and O–H groups in total. The molecule has 3 heterocycles. The Hall–Kier alpha value is -3.69. The van der Waals surface area contributed by atoms with Crippen LogP contribution in [0.5, 0.6) is 0 Å². The number of para-hydroxylation sites is 1. The van der Waals surface area contributed by atoms with E-state index in [1.165, 1.54) is 18.2 Å². The Morgan fingerprint density at radius 2 is 1.86 bits per heavy atom. The Kier molecular flexibility index (Phi) is 10.9. The third-order valence-corrected chi connectivity index (χ3v) is 11.8. The average molecular weight is 710 g/mol. The highest BCUT2D eigenvalue weighted by Crippen LogP contribution is 2.36. The smallest absolute Gasteiger partial charge is 0.241 e. The van der Waals surface area contributed by atoms with Gasteiger partial charge >= 0.3 is 0 Å². The summed E-state index contributed by atoms with van der Waals surface area (Å²) < 4.78 is 47.6. The number of sulfone groups is 1. The number of fused-ring (bicyclic) bond motifs is 1. The molecule has 5 rings (SSSR count). The van der Waals surface area contributed by atoms with Crippen molar-refractivity contribution in [2.75, 3.05) is 50.2 Å². The van der Waals surface area contributed by atoms with E-state index in [2.05, 4.69) is 59.0 Å². The average Bonchev–Trinajstić information content (AvgIpc) is 3.39. The van der Waals surface area contributed by atoms with Crippen LogP contribution in [0.2, 0.25) is 25.7 Å². The van der Waals surface area contributed by atoms with Crippen LogP contribution in [0.1, 0.15) is 19.4 Å². The van der Waals surface area contributed by atoms with Gasteiger partial charge in [-0.3, -0.25) is 9.69 Å². The number of nitrogens with zero attached hydrogens (tertiary/aromatic N) is 5. The zero-order chi connectivity index (χ0) is 35.7. The van der Waals surface area contributed by atoms with Gasteiger partial charge in [0.2, 0.25) is 11.9 Å². The molecular weight excluding hydrogens is 662 g/mol. The molecule has 1 saturated heterocycles. The van der Waals surface area contributed by atoms with Crippen molar-refractivity contribution in [3.63, 3.8) is 0 Å². The second-order valence-electron chi connectivity index (χ2n) is 14.3. The second-order valence-corrected chi connectivity index (χ2v) is 21.9. The number of anilines is 3. The highest BCUT2D eigenvalue weighted by atomic mass is 32.2. The topological polar surface area (TPSA) is 122 Å². The van der Waals surface area contributed by atoms with Crippen LogP contribution >= 0.6 is 0 Å². The highest BCUT2D eigenvalue weighted by Gasteiger charge is 2.30. The number of aryl methyl sites for hydroxylation is 1. The Balaban J connectivity index is 1.52. The maximum Gasteiger partial charge on any atom is 0.241 e. The zero-order valence-electron chi connectivity index (χ0n) is 29.7. The minimum atomic E-state index is -3.78. The molecule has 2 unspecified atom stereocenters. The first-order valence-electron chi connectivity index (χ1n) is 16.6. The monoisotopic (exact) mass is 709 g/mol. The van der Waals surface area contributed by atoms with Crippen LogP contribution in [-0.4, -0.2) is 98.4 Å². The van der Waals surface area contributed by atoms with E-state index in [0.717, 1.165) is 54.0 Å². The lowest BCUT2D eigenvalue weighted by Crippen LogP contribution is -2.56. The molecule has 1 aliphatic heterocycles. The number of likely N-dealkylation sites (N-methyl/N-ethyl adjacent to an activating group) is 1. The molecule has 4 aromatic rings. The Labute approximate surface area is 289 Å². The summed E-state index contributed by atoms with van der Waals surface area (Å²) >= 11 is 0. The minimum Gasteiger partial charge on any atom is -0.361 e. The van der Waals surface area contributed by atoms with Crippen molar-refractivity contribution in [2.45, 2.75) is 70.2 Å². The van der Waals surface area contributed by atoms with Crippen molar-refractivity contribution in [3.05, 3.63) is 60.2 Å². The summed E-state index contributed by atoms with van der Waals surface area (Å²) in [6.07, 6.45) is 4.57. The number of rotatable bonds is 12. The molecular formula is C35H48FN7O4SSi. The number of hydrogen-bond donors (Lipinski definition) is 2. The van der Waals surface area contributed by atoms with Gasteiger partial charge in [-0.25, -0.2) is 22.8 Å². The first-order valence-corrected chi connectivity index (χ1v) is 22.2. The van der Waals surface area contributed by atoms with Crippen molar-refractivity contribution in [3.8, 4) is 11.3 Å². The number of carbonyl (C=O) groups excluding carboxylic acids is 1. The Morgan fingerprint density at radius 1 is 1.14 bits per heavy atom. The maximum atomic E-state index is 15.2. The van der Waals surface area contributed by atoms with Crippen molar-refractivity contribution >= 4 is 52.0 Å². The van der Waals surface area contributed by atoms with Gasteiger partial charge in [0.1, 0.15) is 11.6 Å². The Bertz CT molecular complexity index is 1950. The summed E-state index contributed by atoms with van der Waals surface area (Å²) in [7, 11) is -2.99. The Morgan fingerprint density at radius 3 is 2.55 bits per heavy atom.